The summed E-state index contributed by atoms with van der Waals surface area (Å²) in [5, 5.41) is 1.17. The quantitative estimate of drug-likeness (QED) is 0.881. The molecule has 0 saturated heterocycles. The zero-order chi connectivity index (χ0) is 13.7. The molecule has 102 valence electrons. The number of thiazole rings is 1. The second-order valence-corrected chi connectivity index (χ2v) is 5.40. The molecule has 0 fully saturated rings. The lowest BCUT2D eigenvalue weighted by atomic mass is 10.1. The Morgan fingerprint density at radius 3 is 2.53 bits per heavy atom. The van der Waals surface area contributed by atoms with Gasteiger partial charge in [0.05, 0.1) is 17.3 Å². The molecule has 0 saturated carbocycles. The van der Waals surface area contributed by atoms with Crippen LogP contribution < -0.4 is 10.5 Å². The Morgan fingerprint density at radius 2 is 1.95 bits per heavy atom. The average Bonchev–Trinajstić information content (AvgIpc) is 2.84. The lowest BCUT2D eigenvalue weighted by Crippen LogP contribution is -2.02. The lowest BCUT2D eigenvalue weighted by molar-refractivity contribution is 0.340. The maximum atomic E-state index is 5.68. The third-order valence-electron chi connectivity index (χ3n) is 2.85. The zero-order valence-electron chi connectivity index (χ0n) is 11.5. The number of ether oxygens (including phenoxy) is 1. The highest BCUT2D eigenvalue weighted by Gasteiger charge is 2.11. The fraction of sp³-hybridized carbons (Fsp3) is 0.400. The maximum absolute atomic E-state index is 5.68. The normalized spacial score (nSPS) is 10.7. The van der Waals surface area contributed by atoms with Crippen LogP contribution in [0.25, 0.3) is 11.3 Å². The van der Waals surface area contributed by atoms with Gasteiger partial charge in [0, 0.05) is 10.4 Å². The summed E-state index contributed by atoms with van der Waals surface area (Å²) in [5.41, 5.74) is 7.90. The highest BCUT2D eigenvalue weighted by molar-refractivity contribution is 7.12. The van der Waals surface area contributed by atoms with E-state index in [0.29, 0.717) is 13.2 Å². The highest BCUT2D eigenvalue weighted by Crippen LogP contribution is 2.30. The number of aryl methyl sites for hydroxylation is 1. The van der Waals surface area contributed by atoms with Crippen LogP contribution in [0.1, 0.15) is 23.7 Å². The molecule has 1 aromatic carbocycles. The van der Waals surface area contributed by atoms with E-state index in [1.165, 1.54) is 9.88 Å². The molecule has 3 nitrogen and oxygen atoms in total. The molecule has 0 unspecified atom stereocenters. The first-order valence-electron chi connectivity index (χ1n) is 6.70. The molecule has 0 atom stereocenters. The van der Waals surface area contributed by atoms with Gasteiger partial charge in [0.2, 0.25) is 0 Å². The Morgan fingerprint density at radius 1 is 1.21 bits per heavy atom. The van der Waals surface area contributed by atoms with Crippen LogP contribution in [-0.2, 0) is 12.8 Å². The number of nitrogens with zero attached hydrogens (tertiary/aromatic N) is 1. The van der Waals surface area contributed by atoms with E-state index in [4.69, 9.17) is 15.5 Å². The number of rotatable bonds is 6. The molecule has 2 rings (SSSR count). The molecule has 2 N–H and O–H groups in total. The van der Waals surface area contributed by atoms with Gasteiger partial charge in [0.25, 0.3) is 0 Å². The van der Waals surface area contributed by atoms with Crippen LogP contribution in [0.3, 0.4) is 0 Å². The third kappa shape index (κ3) is 3.33. The first-order valence-corrected chi connectivity index (χ1v) is 7.52. The summed E-state index contributed by atoms with van der Waals surface area (Å²) in [6.07, 6.45) is 1.86. The molecule has 0 radical (unpaired) electrons. The van der Waals surface area contributed by atoms with Crippen molar-refractivity contribution < 1.29 is 4.74 Å². The largest absolute Gasteiger partial charge is 0.494 e. The van der Waals surface area contributed by atoms with Crippen LogP contribution >= 0.6 is 11.3 Å². The van der Waals surface area contributed by atoms with Gasteiger partial charge in [-0.3, -0.25) is 0 Å². The topological polar surface area (TPSA) is 48.1 Å². The lowest BCUT2D eigenvalue weighted by Gasteiger charge is -2.05. The minimum Gasteiger partial charge on any atom is -0.494 e. The smallest absolute Gasteiger partial charge is 0.119 e. The molecule has 0 aliphatic rings. The van der Waals surface area contributed by atoms with E-state index in [-0.39, 0.29) is 0 Å². The van der Waals surface area contributed by atoms with Crippen molar-refractivity contribution in [2.75, 3.05) is 13.2 Å². The van der Waals surface area contributed by atoms with Gasteiger partial charge in [-0.05, 0) is 50.6 Å². The number of hydrogen-bond acceptors (Lipinski definition) is 4. The first kappa shape index (κ1) is 14.0. The number of benzene rings is 1. The van der Waals surface area contributed by atoms with Crippen LogP contribution in [0.2, 0.25) is 0 Å². The Bertz CT molecular complexity index is 519. The first-order chi connectivity index (χ1) is 9.28. The molecule has 0 aliphatic heterocycles. The van der Waals surface area contributed by atoms with E-state index < -0.39 is 0 Å². The van der Waals surface area contributed by atoms with Crippen LogP contribution in [0.15, 0.2) is 24.3 Å². The van der Waals surface area contributed by atoms with Gasteiger partial charge in [-0.2, -0.15) is 0 Å². The van der Waals surface area contributed by atoms with Gasteiger partial charge in [0.1, 0.15) is 5.75 Å². The maximum Gasteiger partial charge on any atom is 0.119 e. The summed E-state index contributed by atoms with van der Waals surface area (Å²) < 4.78 is 5.46. The second kappa shape index (κ2) is 6.68. The highest BCUT2D eigenvalue weighted by atomic mass is 32.1. The molecule has 1 aromatic heterocycles. The molecule has 0 amide bonds. The molecular formula is C15H20N2OS. The van der Waals surface area contributed by atoms with E-state index in [9.17, 15) is 0 Å². The van der Waals surface area contributed by atoms with Crippen molar-refractivity contribution in [2.24, 2.45) is 5.73 Å². The Balaban J connectivity index is 2.31. The number of nitrogens with two attached hydrogens (primary N) is 1. The Labute approximate surface area is 118 Å². The fourth-order valence-electron chi connectivity index (χ4n) is 1.95. The van der Waals surface area contributed by atoms with Gasteiger partial charge in [0.15, 0.2) is 0 Å². The monoisotopic (exact) mass is 276 g/mol. The minimum absolute atomic E-state index is 0.662. The predicted octanol–water partition coefficient (Wildman–Crippen LogP) is 3.27. The van der Waals surface area contributed by atoms with Crippen molar-refractivity contribution in [3.63, 3.8) is 0 Å². The van der Waals surface area contributed by atoms with Crippen molar-refractivity contribution in [1.82, 2.24) is 4.98 Å². The summed E-state index contributed by atoms with van der Waals surface area (Å²) in [4.78, 5) is 6.00. The number of hydrogen-bond donors (Lipinski definition) is 1. The minimum atomic E-state index is 0.662. The Kier molecular flexibility index (Phi) is 4.93. The summed E-state index contributed by atoms with van der Waals surface area (Å²) in [6.45, 7) is 5.47. The van der Waals surface area contributed by atoms with Crippen LogP contribution in [0, 0.1) is 0 Å². The second-order valence-electron chi connectivity index (χ2n) is 4.23. The van der Waals surface area contributed by atoms with E-state index in [0.717, 1.165) is 29.8 Å². The summed E-state index contributed by atoms with van der Waals surface area (Å²) in [5.74, 6) is 0.901. The molecular weight excluding hydrogens is 256 g/mol. The van der Waals surface area contributed by atoms with Gasteiger partial charge in [-0.15, -0.1) is 11.3 Å². The molecule has 0 spiro atoms. The van der Waals surface area contributed by atoms with Crippen molar-refractivity contribution in [2.45, 2.75) is 26.7 Å². The molecule has 0 bridgehead atoms. The van der Waals surface area contributed by atoms with Crippen molar-refractivity contribution in [3.05, 3.63) is 34.2 Å². The standard InChI is InChI=1S/C15H20N2OS/c1-3-14-17-15(13(19-14)9-10-16)11-5-7-12(8-6-11)18-4-2/h5-8H,3-4,9-10,16H2,1-2H3. The molecule has 1 heterocycles. The zero-order valence-corrected chi connectivity index (χ0v) is 12.3. The van der Waals surface area contributed by atoms with Gasteiger partial charge in [-0.1, -0.05) is 6.92 Å². The summed E-state index contributed by atoms with van der Waals surface area (Å²) >= 11 is 1.77. The number of aromatic nitrogens is 1. The summed E-state index contributed by atoms with van der Waals surface area (Å²) in [6, 6.07) is 8.13. The van der Waals surface area contributed by atoms with Crippen molar-refractivity contribution in [3.8, 4) is 17.0 Å². The van der Waals surface area contributed by atoms with Gasteiger partial charge in [-0.25, -0.2) is 4.98 Å². The molecule has 0 aliphatic carbocycles. The van der Waals surface area contributed by atoms with Crippen LogP contribution in [0.4, 0.5) is 0 Å². The molecule has 19 heavy (non-hydrogen) atoms. The van der Waals surface area contributed by atoms with E-state index in [1.807, 2.05) is 19.1 Å². The van der Waals surface area contributed by atoms with E-state index >= 15 is 0 Å². The fourth-order valence-corrected chi connectivity index (χ4v) is 3.00. The van der Waals surface area contributed by atoms with E-state index in [2.05, 4.69) is 19.1 Å². The van der Waals surface area contributed by atoms with Gasteiger partial charge >= 0.3 is 0 Å². The Hall–Kier alpha value is -1.39. The molecule has 4 heteroatoms. The van der Waals surface area contributed by atoms with Gasteiger partial charge < -0.3 is 10.5 Å². The predicted molar refractivity (Wildman–Crippen MR) is 80.9 cm³/mol. The average molecular weight is 276 g/mol. The van der Waals surface area contributed by atoms with Crippen molar-refractivity contribution in [1.29, 1.82) is 0 Å². The van der Waals surface area contributed by atoms with E-state index in [1.54, 1.807) is 11.3 Å². The third-order valence-corrected chi connectivity index (χ3v) is 4.11. The molecule has 2 aromatic rings. The van der Waals surface area contributed by atoms with Crippen LogP contribution in [-0.4, -0.2) is 18.1 Å². The van der Waals surface area contributed by atoms with Crippen LogP contribution in [0.5, 0.6) is 5.75 Å². The SMILES string of the molecule is CCOc1ccc(-c2nc(CC)sc2CCN)cc1. The van der Waals surface area contributed by atoms with Crippen molar-refractivity contribution >= 4 is 11.3 Å². The summed E-state index contributed by atoms with van der Waals surface area (Å²) in [7, 11) is 0.